The second-order valence-corrected chi connectivity index (χ2v) is 5.00. The number of carboxylic acids is 1. The number of carboxylic acid groups (broad SMARTS) is 1. The zero-order valence-corrected chi connectivity index (χ0v) is 11.0. The van der Waals surface area contributed by atoms with E-state index in [-0.39, 0.29) is 5.56 Å². The van der Waals surface area contributed by atoms with Crippen LogP contribution in [0.4, 0.5) is 5.82 Å². The van der Waals surface area contributed by atoms with Crippen LogP contribution in [0.5, 0.6) is 0 Å². The van der Waals surface area contributed by atoms with Crippen molar-refractivity contribution < 1.29 is 9.90 Å². The van der Waals surface area contributed by atoms with Crippen LogP contribution in [0.2, 0.25) is 0 Å². The summed E-state index contributed by atoms with van der Waals surface area (Å²) in [6.45, 7) is 0. The SMILES string of the molecule is O=C(O)c1cnc(NC2CC=CCC2)c2ccccc12. The summed E-state index contributed by atoms with van der Waals surface area (Å²) in [5.74, 6) is -0.174. The summed E-state index contributed by atoms with van der Waals surface area (Å²) in [7, 11) is 0. The monoisotopic (exact) mass is 268 g/mol. The lowest BCUT2D eigenvalue weighted by molar-refractivity contribution is 0.0698. The average molecular weight is 268 g/mol. The van der Waals surface area contributed by atoms with E-state index in [4.69, 9.17) is 0 Å². The molecule has 20 heavy (non-hydrogen) atoms. The largest absolute Gasteiger partial charge is 0.478 e. The second kappa shape index (κ2) is 5.33. The standard InChI is InChI=1S/C16H16N2O2/c19-16(20)14-10-17-15(13-9-5-4-8-12(13)14)18-11-6-2-1-3-7-11/h1-2,4-5,8-11H,3,6-7H2,(H,17,18)(H,19,20). The molecule has 0 spiro atoms. The number of fused-ring (bicyclic) bond motifs is 1. The average Bonchev–Trinajstić information content (AvgIpc) is 2.48. The van der Waals surface area contributed by atoms with Gasteiger partial charge in [-0.1, -0.05) is 36.4 Å². The first-order chi connectivity index (χ1) is 9.75. The van der Waals surface area contributed by atoms with Gasteiger partial charge < -0.3 is 10.4 Å². The maximum absolute atomic E-state index is 11.2. The Labute approximate surface area is 117 Å². The molecule has 0 fully saturated rings. The minimum atomic E-state index is -0.944. The van der Waals surface area contributed by atoms with Gasteiger partial charge in [0.05, 0.1) is 5.56 Å². The molecule has 1 aromatic heterocycles. The summed E-state index contributed by atoms with van der Waals surface area (Å²) < 4.78 is 0. The van der Waals surface area contributed by atoms with E-state index >= 15 is 0 Å². The van der Waals surface area contributed by atoms with Gasteiger partial charge in [0.2, 0.25) is 0 Å². The van der Waals surface area contributed by atoms with Crippen molar-refractivity contribution in [3.8, 4) is 0 Å². The molecular formula is C16H16N2O2. The fourth-order valence-corrected chi connectivity index (χ4v) is 2.60. The van der Waals surface area contributed by atoms with E-state index < -0.39 is 5.97 Å². The third-order valence-corrected chi connectivity index (χ3v) is 3.64. The summed E-state index contributed by atoms with van der Waals surface area (Å²) in [5.41, 5.74) is 0.245. The van der Waals surface area contributed by atoms with Gasteiger partial charge >= 0.3 is 5.97 Å². The lowest BCUT2D eigenvalue weighted by Gasteiger charge is -2.21. The summed E-state index contributed by atoms with van der Waals surface area (Å²) in [4.78, 5) is 15.6. The lowest BCUT2D eigenvalue weighted by Crippen LogP contribution is -2.21. The number of aromatic carboxylic acids is 1. The van der Waals surface area contributed by atoms with E-state index in [0.717, 1.165) is 35.9 Å². The van der Waals surface area contributed by atoms with Crippen molar-refractivity contribution in [3.63, 3.8) is 0 Å². The number of hydrogen-bond acceptors (Lipinski definition) is 3. The maximum Gasteiger partial charge on any atom is 0.337 e. The molecule has 1 aromatic carbocycles. The number of nitrogens with one attached hydrogen (secondary N) is 1. The topological polar surface area (TPSA) is 62.2 Å². The molecule has 3 rings (SSSR count). The van der Waals surface area contributed by atoms with Gasteiger partial charge in [0.1, 0.15) is 5.82 Å². The molecular weight excluding hydrogens is 252 g/mol. The molecule has 0 amide bonds. The number of anilines is 1. The Morgan fingerprint density at radius 2 is 2.05 bits per heavy atom. The number of hydrogen-bond donors (Lipinski definition) is 2. The van der Waals surface area contributed by atoms with E-state index in [9.17, 15) is 9.90 Å². The highest BCUT2D eigenvalue weighted by atomic mass is 16.4. The normalized spacial score (nSPS) is 18.1. The minimum absolute atomic E-state index is 0.245. The van der Waals surface area contributed by atoms with Crippen LogP contribution in [0.3, 0.4) is 0 Å². The predicted molar refractivity (Wildman–Crippen MR) is 79.1 cm³/mol. The molecule has 1 aliphatic rings. The van der Waals surface area contributed by atoms with Crippen LogP contribution in [-0.4, -0.2) is 22.1 Å². The van der Waals surface area contributed by atoms with Crippen LogP contribution in [0, 0.1) is 0 Å². The molecule has 1 atom stereocenters. The van der Waals surface area contributed by atoms with Gasteiger partial charge in [0.15, 0.2) is 0 Å². The number of rotatable bonds is 3. The van der Waals surface area contributed by atoms with Crippen molar-refractivity contribution in [2.24, 2.45) is 0 Å². The molecule has 4 nitrogen and oxygen atoms in total. The van der Waals surface area contributed by atoms with Crippen LogP contribution in [-0.2, 0) is 0 Å². The quantitative estimate of drug-likeness (QED) is 0.837. The fourth-order valence-electron chi connectivity index (χ4n) is 2.60. The van der Waals surface area contributed by atoms with E-state index in [2.05, 4.69) is 22.5 Å². The molecule has 102 valence electrons. The molecule has 0 bridgehead atoms. The van der Waals surface area contributed by atoms with E-state index in [1.54, 1.807) is 0 Å². The molecule has 1 aliphatic carbocycles. The lowest BCUT2D eigenvalue weighted by atomic mass is 10.0. The van der Waals surface area contributed by atoms with Gasteiger partial charge in [-0.15, -0.1) is 0 Å². The molecule has 0 saturated carbocycles. The molecule has 1 unspecified atom stereocenters. The van der Waals surface area contributed by atoms with E-state index in [1.165, 1.54) is 6.20 Å². The Bertz CT molecular complexity index is 679. The van der Waals surface area contributed by atoms with E-state index in [1.807, 2.05) is 24.3 Å². The van der Waals surface area contributed by atoms with Crippen LogP contribution in [0.1, 0.15) is 29.6 Å². The molecule has 4 heteroatoms. The molecule has 2 N–H and O–H groups in total. The van der Waals surface area contributed by atoms with Crippen molar-refractivity contribution in [1.29, 1.82) is 0 Å². The molecule has 0 radical (unpaired) electrons. The third-order valence-electron chi connectivity index (χ3n) is 3.64. The van der Waals surface area contributed by atoms with Crippen LogP contribution >= 0.6 is 0 Å². The van der Waals surface area contributed by atoms with E-state index in [0.29, 0.717) is 6.04 Å². The Hall–Kier alpha value is -2.36. The Morgan fingerprint density at radius 1 is 1.25 bits per heavy atom. The van der Waals surface area contributed by atoms with Crippen molar-refractivity contribution in [2.75, 3.05) is 5.32 Å². The Morgan fingerprint density at radius 3 is 2.75 bits per heavy atom. The van der Waals surface area contributed by atoms with Gasteiger partial charge in [-0.05, 0) is 19.3 Å². The molecule has 0 saturated heterocycles. The zero-order valence-electron chi connectivity index (χ0n) is 11.0. The predicted octanol–water partition coefficient (Wildman–Crippen LogP) is 3.45. The number of allylic oxidation sites excluding steroid dienone is 1. The van der Waals surface area contributed by atoms with Crippen molar-refractivity contribution >= 4 is 22.6 Å². The zero-order chi connectivity index (χ0) is 13.9. The number of pyridine rings is 1. The van der Waals surface area contributed by atoms with Crippen LogP contribution in [0.25, 0.3) is 10.8 Å². The van der Waals surface area contributed by atoms with Crippen molar-refractivity contribution in [1.82, 2.24) is 4.98 Å². The highest BCUT2D eigenvalue weighted by Gasteiger charge is 2.15. The maximum atomic E-state index is 11.2. The molecule has 1 heterocycles. The third kappa shape index (κ3) is 2.37. The van der Waals surface area contributed by atoms with Gasteiger partial charge in [0.25, 0.3) is 0 Å². The van der Waals surface area contributed by atoms with Gasteiger partial charge in [-0.25, -0.2) is 9.78 Å². The van der Waals surface area contributed by atoms with Crippen molar-refractivity contribution in [2.45, 2.75) is 25.3 Å². The van der Waals surface area contributed by atoms with Crippen LogP contribution in [0.15, 0.2) is 42.6 Å². The summed E-state index contributed by atoms with van der Waals surface area (Å²) in [6.07, 6.45) is 8.94. The van der Waals surface area contributed by atoms with Gasteiger partial charge in [0, 0.05) is 23.0 Å². The first-order valence-corrected chi connectivity index (χ1v) is 6.78. The number of carbonyl (C=O) groups is 1. The number of aromatic nitrogens is 1. The first-order valence-electron chi connectivity index (χ1n) is 6.78. The van der Waals surface area contributed by atoms with Gasteiger partial charge in [-0.2, -0.15) is 0 Å². The summed E-state index contributed by atoms with van der Waals surface area (Å²) >= 11 is 0. The molecule has 2 aromatic rings. The van der Waals surface area contributed by atoms with Crippen LogP contribution < -0.4 is 5.32 Å². The second-order valence-electron chi connectivity index (χ2n) is 5.00. The van der Waals surface area contributed by atoms with Gasteiger partial charge in [-0.3, -0.25) is 0 Å². The fraction of sp³-hybridized carbons (Fsp3) is 0.250. The smallest absolute Gasteiger partial charge is 0.337 e. The Kier molecular flexibility index (Phi) is 3.37. The number of nitrogens with zero attached hydrogens (tertiary/aromatic N) is 1. The Balaban J connectivity index is 2.01. The first kappa shape index (κ1) is 12.7. The van der Waals surface area contributed by atoms with Crippen molar-refractivity contribution in [3.05, 3.63) is 48.2 Å². The summed E-state index contributed by atoms with van der Waals surface area (Å²) in [6, 6.07) is 7.86. The highest BCUT2D eigenvalue weighted by molar-refractivity contribution is 6.06. The highest BCUT2D eigenvalue weighted by Crippen LogP contribution is 2.26. The number of benzene rings is 1. The summed E-state index contributed by atoms with van der Waals surface area (Å²) in [5, 5.41) is 14.2. The molecule has 0 aliphatic heterocycles. The minimum Gasteiger partial charge on any atom is -0.478 e.